The fourth-order valence-electron chi connectivity index (χ4n) is 0.995. The number of allylic oxidation sites excluding steroid dienone is 1. The van der Waals surface area contributed by atoms with Crippen molar-refractivity contribution >= 4 is 11.6 Å². The number of rotatable bonds is 2. The van der Waals surface area contributed by atoms with Crippen LogP contribution in [-0.4, -0.2) is 0 Å². The van der Waals surface area contributed by atoms with Gasteiger partial charge in [0.15, 0.2) is 0 Å². The highest BCUT2D eigenvalue weighted by Gasteiger charge is 1.92. The van der Waals surface area contributed by atoms with Crippen LogP contribution in [0, 0.1) is 0 Å². The second-order valence-electron chi connectivity index (χ2n) is 2.76. The van der Waals surface area contributed by atoms with Crippen molar-refractivity contribution < 1.29 is 0 Å². The largest absolute Gasteiger partial charge is 0.0998 e. The molecule has 11 heavy (non-hydrogen) atoms. The SMILES string of the molecule is C=C(C)Cc1cccc(Cl)c1. The lowest BCUT2D eigenvalue weighted by atomic mass is 10.1. The third-order valence-corrected chi connectivity index (χ3v) is 1.63. The van der Waals surface area contributed by atoms with Crippen molar-refractivity contribution in [3.63, 3.8) is 0 Å². The van der Waals surface area contributed by atoms with Gasteiger partial charge in [0.2, 0.25) is 0 Å². The smallest absolute Gasteiger partial charge is 0.0408 e. The van der Waals surface area contributed by atoms with E-state index < -0.39 is 0 Å². The molecule has 58 valence electrons. The molecule has 0 bridgehead atoms. The van der Waals surface area contributed by atoms with Gasteiger partial charge < -0.3 is 0 Å². The molecule has 0 radical (unpaired) electrons. The number of halogens is 1. The Morgan fingerprint density at radius 2 is 2.27 bits per heavy atom. The topological polar surface area (TPSA) is 0 Å². The molecule has 0 unspecified atom stereocenters. The summed E-state index contributed by atoms with van der Waals surface area (Å²) < 4.78 is 0. The van der Waals surface area contributed by atoms with Gasteiger partial charge in [-0.2, -0.15) is 0 Å². The van der Waals surface area contributed by atoms with E-state index >= 15 is 0 Å². The summed E-state index contributed by atoms with van der Waals surface area (Å²) in [6.45, 7) is 5.85. The zero-order valence-corrected chi connectivity index (χ0v) is 7.36. The van der Waals surface area contributed by atoms with Crippen molar-refractivity contribution in [2.75, 3.05) is 0 Å². The Morgan fingerprint density at radius 1 is 1.55 bits per heavy atom. The van der Waals surface area contributed by atoms with Gasteiger partial charge in [0.05, 0.1) is 0 Å². The Kier molecular flexibility index (Phi) is 2.72. The van der Waals surface area contributed by atoms with Crippen LogP contribution in [0.1, 0.15) is 12.5 Å². The first-order valence-corrected chi connectivity index (χ1v) is 3.95. The van der Waals surface area contributed by atoms with E-state index in [0.29, 0.717) is 0 Å². The van der Waals surface area contributed by atoms with Crippen molar-refractivity contribution in [2.45, 2.75) is 13.3 Å². The summed E-state index contributed by atoms with van der Waals surface area (Å²) >= 11 is 5.80. The van der Waals surface area contributed by atoms with Gasteiger partial charge >= 0.3 is 0 Å². The van der Waals surface area contributed by atoms with Crippen LogP contribution in [0.4, 0.5) is 0 Å². The summed E-state index contributed by atoms with van der Waals surface area (Å²) in [6, 6.07) is 7.86. The van der Waals surface area contributed by atoms with Crippen LogP contribution in [0.2, 0.25) is 5.02 Å². The predicted molar refractivity (Wildman–Crippen MR) is 50.0 cm³/mol. The molecule has 1 rings (SSSR count). The van der Waals surface area contributed by atoms with Crippen LogP contribution in [0.5, 0.6) is 0 Å². The number of hydrogen-bond donors (Lipinski definition) is 0. The predicted octanol–water partition coefficient (Wildman–Crippen LogP) is 3.46. The lowest BCUT2D eigenvalue weighted by molar-refractivity contribution is 1.15. The molecule has 0 heterocycles. The highest BCUT2D eigenvalue weighted by Crippen LogP contribution is 2.12. The summed E-state index contributed by atoms with van der Waals surface area (Å²) in [7, 11) is 0. The molecule has 0 aliphatic rings. The third-order valence-electron chi connectivity index (χ3n) is 1.39. The van der Waals surface area contributed by atoms with E-state index in [1.807, 2.05) is 25.1 Å². The minimum absolute atomic E-state index is 0.795. The number of benzene rings is 1. The van der Waals surface area contributed by atoms with E-state index in [0.717, 1.165) is 17.0 Å². The van der Waals surface area contributed by atoms with Crippen LogP contribution in [-0.2, 0) is 6.42 Å². The fraction of sp³-hybridized carbons (Fsp3) is 0.200. The van der Waals surface area contributed by atoms with Crippen molar-refractivity contribution in [1.82, 2.24) is 0 Å². The third kappa shape index (κ3) is 2.77. The van der Waals surface area contributed by atoms with Gasteiger partial charge in [0.1, 0.15) is 0 Å². The molecule has 0 aliphatic carbocycles. The molecule has 0 nitrogen and oxygen atoms in total. The maximum absolute atomic E-state index is 5.80. The summed E-state index contributed by atoms with van der Waals surface area (Å²) in [5.41, 5.74) is 2.39. The van der Waals surface area contributed by atoms with Gasteiger partial charge in [-0.25, -0.2) is 0 Å². The molecule has 0 N–H and O–H groups in total. The van der Waals surface area contributed by atoms with Crippen molar-refractivity contribution in [3.8, 4) is 0 Å². The van der Waals surface area contributed by atoms with Crippen LogP contribution in [0.25, 0.3) is 0 Å². The molecule has 0 amide bonds. The molecule has 0 saturated heterocycles. The minimum Gasteiger partial charge on any atom is -0.0998 e. The van der Waals surface area contributed by atoms with Crippen molar-refractivity contribution in [3.05, 3.63) is 47.0 Å². The first kappa shape index (κ1) is 8.35. The maximum Gasteiger partial charge on any atom is 0.0408 e. The molecule has 0 saturated carbocycles. The van der Waals surface area contributed by atoms with Gasteiger partial charge in [0, 0.05) is 5.02 Å². The van der Waals surface area contributed by atoms with E-state index in [1.165, 1.54) is 5.56 Å². The first-order valence-electron chi connectivity index (χ1n) is 3.57. The Balaban J connectivity index is 2.79. The van der Waals surface area contributed by atoms with Gasteiger partial charge in [-0.3, -0.25) is 0 Å². The molecule has 1 heteroatoms. The van der Waals surface area contributed by atoms with Crippen molar-refractivity contribution in [1.29, 1.82) is 0 Å². The number of hydrogen-bond acceptors (Lipinski definition) is 0. The van der Waals surface area contributed by atoms with Crippen molar-refractivity contribution in [2.24, 2.45) is 0 Å². The van der Waals surface area contributed by atoms with Gasteiger partial charge in [-0.05, 0) is 31.0 Å². The molecule has 0 fully saturated rings. The lowest BCUT2D eigenvalue weighted by Crippen LogP contribution is -1.83. The normalized spacial score (nSPS) is 9.64. The van der Waals surface area contributed by atoms with E-state index in [1.54, 1.807) is 0 Å². The van der Waals surface area contributed by atoms with Gasteiger partial charge in [-0.1, -0.05) is 35.9 Å². The molecular formula is C10H11Cl. The Hall–Kier alpha value is -0.750. The quantitative estimate of drug-likeness (QED) is 0.591. The summed E-state index contributed by atoms with van der Waals surface area (Å²) in [5, 5.41) is 0.795. The fourth-order valence-corrected chi connectivity index (χ4v) is 1.21. The zero-order valence-electron chi connectivity index (χ0n) is 6.60. The highest BCUT2D eigenvalue weighted by molar-refractivity contribution is 6.30. The molecule has 0 aliphatic heterocycles. The minimum atomic E-state index is 0.795. The Bertz CT molecular complexity index is 263. The monoisotopic (exact) mass is 166 g/mol. The lowest BCUT2D eigenvalue weighted by Gasteiger charge is -1.99. The second-order valence-corrected chi connectivity index (χ2v) is 3.20. The van der Waals surface area contributed by atoms with E-state index in [4.69, 9.17) is 11.6 Å². The Morgan fingerprint density at radius 3 is 2.82 bits per heavy atom. The summed E-state index contributed by atoms with van der Waals surface area (Å²) in [5.74, 6) is 0. The highest BCUT2D eigenvalue weighted by atomic mass is 35.5. The summed E-state index contributed by atoms with van der Waals surface area (Å²) in [4.78, 5) is 0. The first-order chi connectivity index (χ1) is 5.18. The molecule has 0 atom stereocenters. The van der Waals surface area contributed by atoms with Crippen LogP contribution in [0.3, 0.4) is 0 Å². The van der Waals surface area contributed by atoms with Gasteiger partial charge in [-0.15, -0.1) is 0 Å². The summed E-state index contributed by atoms with van der Waals surface area (Å²) in [6.07, 6.45) is 0.917. The van der Waals surface area contributed by atoms with Crippen LogP contribution in [0.15, 0.2) is 36.4 Å². The average molecular weight is 167 g/mol. The molecular weight excluding hydrogens is 156 g/mol. The molecule has 0 aromatic heterocycles. The van der Waals surface area contributed by atoms with Crippen LogP contribution >= 0.6 is 11.6 Å². The molecule has 1 aromatic rings. The van der Waals surface area contributed by atoms with Gasteiger partial charge in [0.25, 0.3) is 0 Å². The Labute approximate surface area is 72.5 Å². The van der Waals surface area contributed by atoms with E-state index in [9.17, 15) is 0 Å². The van der Waals surface area contributed by atoms with E-state index in [-0.39, 0.29) is 0 Å². The maximum atomic E-state index is 5.80. The molecule has 0 spiro atoms. The zero-order chi connectivity index (χ0) is 8.27. The van der Waals surface area contributed by atoms with E-state index in [2.05, 4.69) is 12.6 Å². The average Bonchev–Trinajstić information content (AvgIpc) is 1.85. The van der Waals surface area contributed by atoms with Crippen LogP contribution < -0.4 is 0 Å². The second kappa shape index (κ2) is 3.59. The standard InChI is InChI=1S/C10H11Cl/c1-8(2)6-9-4-3-5-10(11)7-9/h3-5,7H,1,6H2,2H3. The molecule has 1 aromatic carbocycles.